The van der Waals surface area contributed by atoms with Crippen LogP contribution in [-0.2, 0) is 22.6 Å². The van der Waals surface area contributed by atoms with Gasteiger partial charge in [0, 0.05) is 35.5 Å². The van der Waals surface area contributed by atoms with E-state index in [2.05, 4.69) is 23.3 Å². The van der Waals surface area contributed by atoms with Gasteiger partial charge in [0.05, 0.1) is 20.6 Å². The average Bonchev–Trinajstić information content (AvgIpc) is 3.28. The number of aromatic nitrogens is 1. The predicted molar refractivity (Wildman–Crippen MR) is 147 cm³/mol. The number of hydrogen-bond acceptors (Lipinski definition) is 6. The molecule has 194 valence electrons. The lowest BCUT2D eigenvalue weighted by Crippen LogP contribution is -2.12. The number of thiazole rings is 1. The average molecular weight is 561 g/mol. The maximum absolute atomic E-state index is 13.0. The highest BCUT2D eigenvalue weighted by Crippen LogP contribution is 2.43. The Balaban J connectivity index is 1.51. The largest absolute Gasteiger partial charge is 0.487 e. The Bertz CT molecular complexity index is 1350. The van der Waals surface area contributed by atoms with E-state index in [1.807, 2.05) is 12.1 Å². The topological polar surface area (TPSA) is 97.8 Å². The first kappa shape index (κ1) is 27.1. The molecule has 3 aromatic rings. The van der Waals surface area contributed by atoms with Gasteiger partial charge in [0.2, 0.25) is 0 Å². The van der Waals surface area contributed by atoms with Crippen LogP contribution >= 0.6 is 34.5 Å². The van der Waals surface area contributed by atoms with Crippen molar-refractivity contribution in [3.05, 3.63) is 67.5 Å². The van der Waals surface area contributed by atoms with Gasteiger partial charge in [0.25, 0.3) is 5.91 Å². The van der Waals surface area contributed by atoms with Crippen molar-refractivity contribution < 1.29 is 24.2 Å². The zero-order chi connectivity index (χ0) is 26.5. The number of halogens is 2. The van der Waals surface area contributed by atoms with Gasteiger partial charge < -0.3 is 14.6 Å². The molecule has 0 saturated carbocycles. The molecule has 0 atom stereocenters. The quantitative estimate of drug-likeness (QED) is 0.202. The minimum atomic E-state index is -1.08. The van der Waals surface area contributed by atoms with E-state index in [9.17, 15) is 9.59 Å². The molecule has 37 heavy (non-hydrogen) atoms. The number of aliphatic carboxylic acids is 1. The summed E-state index contributed by atoms with van der Waals surface area (Å²) in [6.45, 7) is 5.38. The molecule has 2 aromatic carbocycles. The number of ether oxygens (including phenoxy) is 2. The normalized spacial score (nSPS) is 12.5. The number of amides is 1. The number of aryl methyl sites for hydroxylation is 1. The number of carbonyl (C=O) groups excluding carboxylic acids is 1. The van der Waals surface area contributed by atoms with Crippen molar-refractivity contribution in [3.8, 4) is 17.0 Å². The van der Waals surface area contributed by atoms with Crippen molar-refractivity contribution in [2.75, 3.05) is 18.5 Å². The van der Waals surface area contributed by atoms with Crippen LogP contribution in [0.1, 0.15) is 53.1 Å². The van der Waals surface area contributed by atoms with Crippen LogP contribution in [0.25, 0.3) is 17.3 Å². The highest BCUT2D eigenvalue weighted by Gasteiger charge is 2.25. The summed E-state index contributed by atoms with van der Waals surface area (Å²) in [6.07, 6.45) is 4.12. The molecular weight excluding hydrogens is 535 g/mol. The molecule has 1 aliphatic heterocycles. The van der Waals surface area contributed by atoms with E-state index in [1.165, 1.54) is 36.5 Å². The fraction of sp³-hybridized carbons (Fsp3) is 0.296. The fourth-order valence-corrected chi connectivity index (χ4v) is 5.38. The molecule has 2 N–H and O–H groups in total. The third kappa shape index (κ3) is 6.33. The van der Waals surface area contributed by atoms with Gasteiger partial charge in [-0.05, 0) is 56.0 Å². The molecule has 0 spiro atoms. The Morgan fingerprint density at radius 3 is 2.70 bits per heavy atom. The second-order valence-corrected chi connectivity index (χ2v) is 10.4. The van der Waals surface area contributed by atoms with Crippen LogP contribution in [0, 0.1) is 0 Å². The Labute approximate surface area is 229 Å². The molecule has 0 fully saturated rings. The minimum absolute atomic E-state index is 0.0739. The number of hydrogen-bond donors (Lipinski definition) is 2. The van der Waals surface area contributed by atoms with Gasteiger partial charge in [-0.1, -0.05) is 53.6 Å². The number of carboxylic acids is 1. The van der Waals surface area contributed by atoms with Crippen LogP contribution < -0.4 is 10.1 Å². The lowest BCUT2D eigenvalue weighted by molar-refractivity contribution is -0.132. The van der Waals surface area contributed by atoms with Crippen molar-refractivity contribution in [2.24, 2.45) is 0 Å². The van der Waals surface area contributed by atoms with E-state index >= 15 is 0 Å². The second-order valence-electron chi connectivity index (χ2n) is 8.53. The Hall–Kier alpha value is -2.91. The van der Waals surface area contributed by atoms with Crippen LogP contribution in [0.15, 0.2) is 35.9 Å². The Morgan fingerprint density at radius 1 is 1.24 bits per heavy atom. The summed E-state index contributed by atoms with van der Waals surface area (Å²) in [5, 5.41) is 12.7. The predicted octanol–water partition coefficient (Wildman–Crippen LogP) is 7.11. The zero-order valence-corrected chi connectivity index (χ0v) is 22.7. The van der Waals surface area contributed by atoms with Gasteiger partial charge >= 0.3 is 5.97 Å². The maximum Gasteiger partial charge on any atom is 0.331 e. The molecule has 1 aromatic heterocycles. The van der Waals surface area contributed by atoms with Crippen LogP contribution in [0.4, 0.5) is 5.13 Å². The molecule has 10 heteroatoms. The molecule has 0 saturated heterocycles. The van der Waals surface area contributed by atoms with Gasteiger partial charge in [-0.25, -0.2) is 9.78 Å². The summed E-state index contributed by atoms with van der Waals surface area (Å²) < 4.78 is 11.7. The monoisotopic (exact) mass is 560 g/mol. The molecule has 0 unspecified atom stereocenters. The standard InChI is InChI=1S/C27H26Cl2N2O5S/c1-3-9-35-10-5-7-16-6-4-8-18-23-22(14-36-24(16)18)37-27(30-23)31-25(32)17-12-20(28)19(21(29)13-17)11-15(2)26(33)34/h4,6,8,11-13H,3,5,7,9-10,14H2,1-2H3,(H,33,34)(H,30,31,32). The van der Waals surface area contributed by atoms with Crippen molar-refractivity contribution >= 4 is 57.6 Å². The van der Waals surface area contributed by atoms with Crippen molar-refractivity contribution in [1.29, 1.82) is 0 Å². The van der Waals surface area contributed by atoms with Gasteiger partial charge in [0.1, 0.15) is 12.4 Å². The van der Waals surface area contributed by atoms with Crippen LogP contribution in [0.5, 0.6) is 5.75 Å². The minimum Gasteiger partial charge on any atom is -0.487 e. The van der Waals surface area contributed by atoms with E-state index < -0.39 is 11.9 Å². The number of nitrogens with one attached hydrogen (secondary N) is 1. The number of rotatable bonds is 10. The van der Waals surface area contributed by atoms with E-state index in [0.29, 0.717) is 23.9 Å². The van der Waals surface area contributed by atoms with E-state index in [1.54, 1.807) is 0 Å². The lowest BCUT2D eigenvalue weighted by atomic mass is 10.0. The number of fused-ring (bicyclic) bond motifs is 3. The van der Waals surface area contributed by atoms with Crippen molar-refractivity contribution in [3.63, 3.8) is 0 Å². The molecule has 0 aliphatic carbocycles. The molecule has 1 amide bonds. The molecule has 2 heterocycles. The summed E-state index contributed by atoms with van der Waals surface area (Å²) >= 11 is 14.0. The second kappa shape index (κ2) is 12.1. The van der Waals surface area contributed by atoms with Gasteiger partial charge in [0.15, 0.2) is 5.13 Å². The molecule has 0 bridgehead atoms. The van der Waals surface area contributed by atoms with Crippen LogP contribution in [0.2, 0.25) is 10.0 Å². The first-order valence-corrected chi connectivity index (χ1v) is 13.4. The lowest BCUT2D eigenvalue weighted by Gasteiger charge is -2.19. The first-order chi connectivity index (χ1) is 17.8. The summed E-state index contributed by atoms with van der Waals surface area (Å²) in [7, 11) is 0. The van der Waals surface area contributed by atoms with Crippen molar-refractivity contribution in [2.45, 2.75) is 39.7 Å². The number of para-hydroxylation sites is 1. The number of nitrogens with zero attached hydrogens (tertiary/aromatic N) is 1. The van der Waals surface area contributed by atoms with E-state index in [-0.39, 0.29) is 21.2 Å². The van der Waals surface area contributed by atoms with Gasteiger partial charge in [-0.2, -0.15) is 0 Å². The number of anilines is 1. The van der Waals surface area contributed by atoms with E-state index in [0.717, 1.165) is 53.3 Å². The Morgan fingerprint density at radius 2 is 2.00 bits per heavy atom. The highest BCUT2D eigenvalue weighted by atomic mass is 35.5. The SMILES string of the molecule is CCCOCCCc1cccc2c1OCc1sc(NC(=O)c3cc(Cl)c(C=C(C)C(=O)O)c(Cl)c3)nc1-2. The fourth-order valence-electron chi connectivity index (χ4n) is 3.90. The molecule has 7 nitrogen and oxygen atoms in total. The van der Waals surface area contributed by atoms with E-state index in [4.69, 9.17) is 37.8 Å². The number of benzene rings is 2. The summed E-state index contributed by atoms with van der Waals surface area (Å²) in [5.74, 6) is -0.685. The summed E-state index contributed by atoms with van der Waals surface area (Å²) in [4.78, 5) is 29.7. The van der Waals surface area contributed by atoms with Gasteiger partial charge in [-0.15, -0.1) is 0 Å². The zero-order valence-electron chi connectivity index (χ0n) is 20.4. The first-order valence-electron chi connectivity index (χ1n) is 11.8. The number of carbonyl (C=O) groups is 2. The van der Waals surface area contributed by atoms with Crippen LogP contribution in [0.3, 0.4) is 0 Å². The highest BCUT2D eigenvalue weighted by molar-refractivity contribution is 7.16. The van der Waals surface area contributed by atoms with Crippen molar-refractivity contribution in [1.82, 2.24) is 4.98 Å². The Kier molecular flexibility index (Phi) is 8.87. The molecular formula is C27H26Cl2N2O5S. The summed E-state index contributed by atoms with van der Waals surface area (Å²) in [5.41, 5.74) is 3.46. The number of carboxylic acid groups (broad SMARTS) is 1. The summed E-state index contributed by atoms with van der Waals surface area (Å²) in [6, 6.07) is 8.92. The third-order valence-electron chi connectivity index (χ3n) is 5.74. The van der Waals surface area contributed by atoms with Gasteiger partial charge in [-0.3, -0.25) is 10.1 Å². The smallest absolute Gasteiger partial charge is 0.331 e. The molecule has 4 rings (SSSR count). The third-order valence-corrected chi connectivity index (χ3v) is 7.31. The molecule has 0 radical (unpaired) electrons. The molecule has 1 aliphatic rings. The maximum atomic E-state index is 13.0. The van der Waals surface area contributed by atoms with Crippen LogP contribution in [-0.4, -0.2) is 35.2 Å².